The standard InChI is InChI=1S/C19H32N4O2S.HI/c1-14-15(2)26-18(22-14)12-21-19(20-3)23-9-7-16(8-10-23)25-13-17-6-4-5-11-24-17;/h16-17H,4-13H2,1-3H3,(H,20,21);1H. The molecule has 0 bridgehead atoms. The van der Waals surface area contributed by atoms with Gasteiger partial charge in [-0.2, -0.15) is 0 Å². The Hall–Kier alpha value is -0.450. The van der Waals surface area contributed by atoms with E-state index >= 15 is 0 Å². The van der Waals surface area contributed by atoms with Crippen molar-refractivity contribution in [2.75, 3.05) is 33.4 Å². The van der Waals surface area contributed by atoms with Crippen LogP contribution >= 0.6 is 35.3 Å². The summed E-state index contributed by atoms with van der Waals surface area (Å²) in [6.07, 6.45) is 6.35. The lowest BCUT2D eigenvalue weighted by Gasteiger charge is -2.35. The fourth-order valence-corrected chi connectivity index (χ4v) is 4.39. The van der Waals surface area contributed by atoms with Crippen LogP contribution in [0.25, 0.3) is 0 Å². The average Bonchev–Trinajstić information content (AvgIpc) is 3.00. The first-order chi connectivity index (χ1) is 12.7. The third-order valence-corrected chi connectivity index (χ3v) is 6.29. The highest BCUT2D eigenvalue weighted by Gasteiger charge is 2.23. The maximum atomic E-state index is 6.11. The first-order valence-corrected chi connectivity index (χ1v) is 10.6. The molecular weight excluding hydrogens is 475 g/mol. The van der Waals surface area contributed by atoms with Gasteiger partial charge in [0.05, 0.1) is 31.1 Å². The van der Waals surface area contributed by atoms with Crippen LogP contribution in [0.15, 0.2) is 4.99 Å². The molecule has 1 aromatic heterocycles. The van der Waals surface area contributed by atoms with E-state index in [1.165, 1.54) is 17.7 Å². The third-order valence-electron chi connectivity index (χ3n) is 5.22. The van der Waals surface area contributed by atoms with E-state index in [0.717, 1.165) is 68.8 Å². The van der Waals surface area contributed by atoms with Crippen molar-refractivity contribution in [3.05, 3.63) is 15.6 Å². The van der Waals surface area contributed by atoms with E-state index in [0.29, 0.717) is 12.2 Å². The molecule has 0 spiro atoms. The van der Waals surface area contributed by atoms with Crippen LogP contribution in [0, 0.1) is 13.8 Å². The van der Waals surface area contributed by atoms with E-state index in [-0.39, 0.29) is 24.0 Å². The summed E-state index contributed by atoms with van der Waals surface area (Å²) in [5.41, 5.74) is 1.13. The number of rotatable bonds is 5. The first-order valence-electron chi connectivity index (χ1n) is 9.77. The van der Waals surface area contributed by atoms with Crippen molar-refractivity contribution in [3.63, 3.8) is 0 Å². The summed E-state index contributed by atoms with van der Waals surface area (Å²) in [6.45, 7) is 8.52. The number of likely N-dealkylation sites (tertiary alicyclic amines) is 1. The number of aryl methyl sites for hydroxylation is 2. The van der Waals surface area contributed by atoms with Crippen LogP contribution in [0.5, 0.6) is 0 Å². The van der Waals surface area contributed by atoms with Crippen LogP contribution in [-0.2, 0) is 16.0 Å². The molecular formula is C19H33IN4O2S. The van der Waals surface area contributed by atoms with Crippen molar-refractivity contribution in [3.8, 4) is 0 Å². The zero-order chi connectivity index (χ0) is 18.4. The second-order valence-corrected chi connectivity index (χ2v) is 8.45. The SMILES string of the molecule is CN=C(NCc1nc(C)c(C)s1)N1CCC(OCC2CCCCO2)CC1.I. The molecule has 3 rings (SSSR count). The lowest BCUT2D eigenvalue weighted by atomic mass is 10.1. The molecule has 154 valence electrons. The van der Waals surface area contributed by atoms with Crippen LogP contribution in [0.2, 0.25) is 0 Å². The maximum Gasteiger partial charge on any atom is 0.193 e. The van der Waals surface area contributed by atoms with Crippen molar-refractivity contribution in [1.82, 2.24) is 15.2 Å². The van der Waals surface area contributed by atoms with Crippen LogP contribution in [0.3, 0.4) is 0 Å². The quantitative estimate of drug-likeness (QED) is 0.375. The maximum absolute atomic E-state index is 6.11. The Morgan fingerprint density at radius 1 is 1.30 bits per heavy atom. The predicted octanol–water partition coefficient (Wildman–Crippen LogP) is 3.50. The van der Waals surface area contributed by atoms with Gasteiger partial charge in [0.1, 0.15) is 5.01 Å². The number of guanidine groups is 1. The highest BCUT2D eigenvalue weighted by molar-refractivity contribution is 14.0. The molecule has 1 aromatic rings. The van der Waals surface area contributed by atoms with E-state index in [1.807, 2.05) is 7.05 Å². The second kappa shape index (κ2) is 11.5. The van der Waals surface area contributed by atoms with Crippen LogP contribution < -0.4 is 5.32 Å². The van der Waals surface area contributed by atoms with Gasteiger partial charge < -0.3 is 19.7 Å². The molecule has 8 heteroatoms. The normalized spacial score (nSPS) is 21.8. The Bertz CT molecular complexity index is 577. The lowest BCUT2D eigenvalue weighted by Crippen LogP contribution is -2.47. The van der Waals surface area contributed by atoms with Crippen LogP contribution in [0.4, 0.5) is 0 Å². The number of aliphatic imine (C=N–C) groups is 1. The molecule has 2 aliphatic rings. The lowest BCUT2D eigenvalue weighted by molar-refractivity contribution is -0.0721. The van der Waals surface area contributed by atoms with Crippen molar-refractivity contribution in [2.45, 2.75) is 64.7 Å². The minimum atomic E-state index is 0. The van der Waals surface area contributed by atoms with Crippen LogP contribution in [0.1, 0.15) is 47.7 Å². The molecule has 2 saturated heterocycles. The summed E-state index contributed by atoms with van der Waals surface area (Å²) < 4.78 is 11.9. The van der Waals surface area contributed by atoms with Crippen molar-refractivity contribution < 1.29 is 9.47 Å². The minimum Gasteiger partial charge on any atom is -0.376 e. The average molecular weight is 508 g/mol. The predicted molar refractivity (Wildman–Crippen MR) is 121 cm³/mol. The first kappa shape index (κ1) is 22.8. The van der Waals surface area contributed by atoms with Gasteiger partial charge in [-0.3, -0.25) is 4.99 Å². The molecule has 0 saturated carbocycles. The highest BCUT2D eigenvalue weighted by atomic mass is 127. The number of nitrogens with zero attached hydrogens (tertiary/aromatic N) is 3. The minimum absolute atomic E-state index is 0. The molecule has 3 heterocycles. The van der Waals surface area contributed by atoms with Gasteiger partial charge in [0.2, 0.25) is 0 Å². The molecule has 0 aliphatic carbocycles. The van der Waals surface area contributed by atoms with Gasteiger partial charge in [0.25, 0.3) is 0 Å². The summed E-state index contributed by atoms with van der Waals surface area (Å²) in [4.78, 5) is 12.7. The van der Waals surface area contributed by atoms with E-state index in [2.05, 4.69) is 34.0 Å². The van der Waals surface area contributed by atoms with Gasteiger partial charge in [0, 0.05) is 31.6 Å². The molecule has 0 radical (unpaired) electrons. The number of aromatic nitrogens is 1. The van der Waals surface area contributed by atoms with Gasteiger partial charge in [-0.1, -0.05) is 0 Å². The number of hydrogen-bond acceptors (Lipinski definition) is 5. The van der Waals surface area contributed by atoms with E-state index in [1.54, 1.807) is 11.3 Å². The summed E-state index contributed by atoms with van der Waals surface area (Å²) in [5, 5.41) is 4.57. The Morgan fingerprint density at radius 3 is 2.67 bits per heavy atom. The van der Waals surface area contributed by atoms with Crippen molar-refractivity contribution in [1.29, 1.82) is 0 Å². The van der Waals surface area contributed by atoms with Gasteiger partial charge >= 0.3 is 0 Å². The number of piperidine rings is 1. The molecule has 2 fully saturated rings. The summed E-state index contributed by atoms with van der Waals surface area (Å²) in [7, 11) is 1.85. The van der Waals surface area contributed by atoms with Crippen molar-refractivity contribution in [2.24, 2.45) is 4.99 Å². The molecule has 27 heavy (non-hydrogen) atoms. The van der Waals surface area contributed by atoms with Gasteiger partial charge in [0.15, 0.2) is 5.96 Å². The second-order valence-electron chi connectivity index (χ2n) is 7.16. The van der Waals surface area contributed by atoms with Gasteiger partial charge in [-0.15, -0.1) is 35.3 Å². The molecule has 6 nitrogen and oxygen atoms in total. The van der Waals surface area contributed by atoms with E-state index in [4.69, 9.17) is 9.47 Å². The zero-order valence-electron chi connectivity index (χ0n) is 16.7. The number of hydrogen-bond donors (Lipinski definition) is 1. The smallest absolute Gasteiger partial charge is 0.193 e. The summed E-state index contributed by atoms with van der Waals surface area (Å²) in [6, 6.07) is 0. The van der Waals surface area contributed by atoms with Gasteiger partial charge in [-0.05, 0) is 46.0 Å². The molecule has 2 aliphatic heterocycles. The Balaban J connectivity index is 0.00000261. The molecule has 1 unspecified atom stereocenters. The van der Waals surface area contributed by atoms with Crippen molar-refractivity contribution >= 4 is 41.3 Å². The third kappa shape index (κ3) is 6.83. The van der Waals surface area contributed by atoms with E-state index < -0.39 is 0 Å². The monoisotopic (exact) mass is 508 g/mol. The Kier molecular flexibility index (Phi) is 9.75. The van der Waals surface area contributed by atoms with Crippen LogP contribution in [-0.4, -0.2) is 61.4 Å². The largest absolute Gasteiger partial charge is 0.376 e. The molecule has 1 atom stereocenters. The molecule has 1 N–H and O–H groups in total. The number of nitrogens with one attached hydrogen (secondary N) is 1. The fraction of sp³-hybridized carbons (Fsp3) is 0.789. The molecule has 0 amide bonds. The Morgan fingerprint density at radius 2 is 2.07 bits per heavy atom. The highest BCUT2D eigenvalue weighted by Crippen LogP contribution is 2.19. The fourth-order valence-electron chi connectivity index (χ4n) is 3.52. The zero-order valence-corrected chi connectivity index (χ0v) is 19.8. The van der Waals surface area contributed by atoms with Gasteiger partial charge in [-0.25, -0.2) is 4.98 Å². The Labute approximate surface area is 184 Å². The van der Waals surface area contributed by atoms with E-state index in [9.17, 15) is 0 Å². The summed E-state index contributed by atoms with van der Waals surface area (Å²) >= 11 is 1.75. The summed E-state index contributed by atoms with van der Waals surface area (Å²) in [5.74, 6) is 0.963. The number of ether oxygens (including phenoxy) is 2. The number of halogens is 1. The number of thiazole rings is 1. The topological polar surface area (TPSA) is 59.0 Å². The molecule has 0 aromatic carbocycles.